The van der Waals surface area contributed by atoms with Gasteiger partial charge in [-0.2, -0.15) is 0 Å². The van der Waals surface area contributed by atoms with E-state index in [1.54, 1.807) is 7.05 Å². The number of alkyl halides is 1. The Hall–Kier alpha value is 0.420. The molecule has 0 saturated heterocycles. The van der Waals surface area contributed by atoms with Crippen molar-refractivity contribution in [2.75, 3.05) is 7.05 Å². The highest BCUT2D eigenvalue weighted by atomic mass is 79.9. The van der Waals surface area contributed by atoms with Crippen LogP contribution in [0.4, 0.5) is 0 Å². The van der Waals surface area contributed by atoms with Crippen molar-refractivity contribution >= 4 is 60.7 Å². The Bertz CT molecular complexity index is 309. The molecule has 72 valence electrons. The first-order valence-corrected chi connectivity index (χ1v) is 6.20. The number of likely N-dealkylation sites (N-methyl/N-ethyl adjacent to an activating group) is 1. The third kappa shape index (κ3) is 2.68. The van der Waals surface area contributed by atoms with Crippen molar-refractivity contribution in [3.8, 4) is 0 Å². The Balaban J connectivity index is 2.89. The molecule has 0 saturated carbocycles. The number of amides is 1. The summed E-state index contributed by atoms with van der Waals surface area (Å²) in [7, 11) is 1.56. The lowest BCUT2D eigenvalue weighted by molar-refractivity contribution is -0.120. The van der Waals surface area contributed by atoms with E-state index in [9.17, 15) is 4.79 Å². The molecule has 6 heteroatoms. The summed E-state index contributed by atoms with van der Waals surface area (Å²) in [6, 6.07) is 1.83. The van der Waals surface area contributed by atoms with Gasteiger partial charge in [0.25, 0.3) is 0 Å². The van der Waals surface area contributed by atoms with Crippen LogP contribution in [0.25, 0.3) is 0 Å². The van der Waals surface area contributed by atoms with Crippen molar-refractivity contribution in [3.63, 3.8) is 0 Å². The Labute approximate surface area is 102 Å². The van der Waals surface area contributed by atoms with Crippen LogP contribution in [0.15, 0.2) is 14.3 Å². The zero-order chi connectivity index (χ0) is 10.0. The van der Waals surface area contributed by atoms with Gasteiger partial charge in [0.15, 0.2) is 0 Å². The molecule has 1 heterocycles. The largest absolute Gasteiger partial charge is 0.358 e. The van der Waals surface area contributed by atoms with Gasteiger partial charge in [-0.15, -0.1) is 22.9 Å². The Kier molecular flexibility index (Phi) is 4.22. The number of hydrogen-bond donors (Lipinski definition) is 1. The number of hydrogen-bond acceptors (Lipinski definition) is 2. The maximum atomic E-state index is 11.2. The van der Waals surface area contributed by atoms with Gasteiger partial charge in [0.2, 0.25) is 5.91 Å². The smallest absolute Gasteiger partial charge is 0.243 e. The van der Waals surface area contributed by atoms with Crippen LogP contribution < -0.4 is 5.32 Å². The molecule has 2 nitrogen and oxygen atoms in total. The summed E-state index contributed by atoms with van der Waals surface area (Å²) in [6.07, 6.45) is 0. The number of carbonyl (C=O) groups excluding carboxylic acids is 1. The van der Waals surface area contributed by atoms with Crippen LogP contribution in [0.5, 0.6) is 0 Å². The summed E-state index contributed by atoms with van der Waals surface area (Å²) in [4.78, 5) is 12.0. The van der Waals surface area contributed by atoms with Gasteiger partial charge in [0, 0.05) is 16.4 Å². The van der Waals surface area contributed by atoms with E-state index in [0.717, 1.165) is 13.1 Å². The summed E-state index contributed by atoms with van der Waals surface area (Å²) in [5.74, 6) is -0.192. The maximum absolute atomic E-state index is 11.2. The van der Waals surface area contributed by atoms with Gasteiger partial charge >= 0.3 is 0 Å². The molecule has 0 aromatic carbocycles. The number of rotatable bonds is 2. The highest BCUT2D eigenvalue weighted by Crippen LogP contribution is 2.37. The second-order valence-corrected chi connectivity index (χ2v) is 5.94. The summed E-state index contributed by atoms with van der Waals surface area (Å²) in [6.45, 7) is 0. The molecule has 1 unspecified atom stereocenters. The van der Waals surface area contributed by atoms with Crippen LogP contribution in [-0.2, 0) is 4.79 Å². The van der Waals surface area contributed by atoms with E-state index in [4.69, 9.17) is 11.6 Å². The highest BCUT2D eigenvalue weighted by Gasteiger charge is 2.19. The lowest BCUT2D eigenvalue weighted by Gasteiger charge is -2.03. The summed E-state index contributed by atoms with van der Waals surface area (Å²) < 4.78 is 1.86. The quantitative estimate of drug-likeness (QED) is 0.817. The maximum Gasteiger partial charge on any atom is 0.243 e. The molecule has 0 bridgehead atoms. The lowest BCUT2D eigenvalue weighted by Crippen LogP contribution is -2.21. The fourth-order valence-corrected chi connectivity index (χ4v) is 3.12. The van der Waals surface area contributed by atoms with Crippen LogP contribution in [0, 0.1) is 0 Å². The van der Waals surface area contributed by atoms with Crippen molar-refractivity contribution in [2.24, 2.45) is 0 Å². The normalized spacial score (nSPS) is 12.6. The van der Waals surface area contributed by atoms with Gasteiger partial charge in [0.05, 0.1) is 3.79 Å². The Morgan fingerprint density at radius 2 is 2.31 bits per heavy atom. The first-order chi connectivity index (χ1) is 6.06. The average molecular weight is 347 g/mol. The minimum Gasteiger partial charge on any atom is -0.358 e. The van der Waals surface area contributed by atoms with E-state index in [1.165, 1.54) is 11.3 Å². The second kappa shape index (κ2) is 4.77. The van der Waals surface area contributed by atoms with E-state index in [2.05, 4.69) is 37.2 Å². The average Bonchev–Trinajstić information content (AvgIpc) is 2.44. The summed E-state index contributed by atoms with van der Waals surface area (Å²) >= 11 is 14.0. The SMILES string of the molecule is CNC(=O)C(Cl)c1cc(Br)c(Br)s1. The third-order valence-electron chi connectivity index (χ3n) is 1.39. The Morgan fingerprint density at radius 1 is 1.69 bits per heavy atom. The van der Waals surface area contributed by atoms with Crippen molar-refractivity contribution in [1.82, 2.24) is 5.32 Å². The minimum atomic E-state index is -0.613. The monoisotopic (exact) mass is 345 g/mol. The topological polar surface area (TPSA) is 29.1 Å². The Morgan fingerprint density at radius 3 is 2.69 bits per heavy atom. The standard InChI is InChI=1S/C7H6Br2ClNOS/c1-11-7(12)5(10)4-2-3(8)6(9)13-4/h2,5H,1H3,(H,11,12). The molecule has 0 aliphatic heterocycles. The van der Waals surface area contributed by atoms with Crippen LogP contribution in [0.2, 0.25) is 0 Å². The van der Waals surface area contributed by atoms with Gasteiger partial charge in [-0.05, 0) is 37.9 Å². The van der Waals surface area contributed by atoms with Crippen LogP contribution >= 0.6 is 54.8 Å². The molecule has 0 spiro atoms. The highest BCUT2D eigenvalue weighted by molar-refractivity contribution is 9.13. The van der Waals surface area contributed by atoms with Crippen LogP contribution in [0.1, 0.15) is 10.3 Å². The van der Waals surface area contributed by atoms with Gasteiger partial charge < -0.3 is 5.32 Å². The second-order valence-electron chi connectivity index (χ2n) is 2.25. The molecule has 1 amide bonds. The molecule has 0 fully saturated rings. The summed E-state index contributed by atoms with van der Waals surface area (Å²) in [5, 5.41) is 1.88. The van der Waals surface area contributed by atoms with Gasteiger partial charge in [-0.1, -0.05) is 0 Å². The molecule has 0 radical (unpaired) electrons. The lowest BCUT2D eigenvalue weighted by atomic mass is 10.3. The fourth-order valence-electron chi connectivity index (χ4n) is 0.744. The van der Waals surface area contributed by atoms with E-state index >= 15 is 0 Å². The molecule has 13 heavy (non-hydrogen) atoms. The number of halogens is 3. The number of nitrogens with one attached hydrogen (secondary N) is 1. The number of carbonyl (C=O) groups is 1. The van der Waals surface area contributed by atoms with Crippen molar-refractivity contribution in [1.29, 1.82) is 0 Å². The van der Waals surface area contributed by atoms with Crippen molar-refractivity contribution in [3.05, 3.63) is 19.2 Å². The van der Waals surface area contributed by atoms with Crippen molar-refractivity contribution in [2.45, 2.75) is 5.38 Å². The molecular formula is C7H6Br2ClNOS. The number of thiophene rings is 1. The molecule has 0 aliphatic rings. The van der Waals surface area contributed by atoms with E-state index in [1.807, 2.05) is 6.07 Å². The molecule has 0 aliphatic carbocycles. The molecule has 1 aromatic rings. The third-order valence-corrected chi connectivity index (χ3v) is 5.27. The predicted octanol–water partition coefficient (Wildman–Crippen LogP) is 3.30. The molecule has 1 N–H and O–H groups in total. The van der Waals surface area contributed by atoms with E-state index in [0.29, 0.717) is 0 Å². The first kappa shape index (κ1) is 11.5. The fraction of sp³-hybridized carbons (Fsp3) is 0.286. The van der Waals surface area contributed by atoms with E-state index in [-0.39, 0.29) is 5.91 Å². The first-order valence-electron chi connectivity index (χ1n) is 3.36. The van der Waals surface area contributed by atoms with Crippen molar-refractivity contribution < 1.29 is 4.79 Å². The van der Waals surface area contributed by atoms with Gasteiger partial charge in [0.1, 0.15) is 5.38 Å². The molecule has 1 atom stereocenters. The molecule has 1 rings (SSSR count). The zero-order valence-electron chi connectivity index (χ0n) is 6.61. The van der Waals surface area contributed by atoms with Gasteiger partial charge in [-0.3, -0.25) is 4.79 Å². The molecular weight excluding hydrogens is 341 g/mol. The van der Waals surface area contributed by atoms with Gasteiger partial charge in [-0.25, -0.2) is 0 Å². The zero-order valence-corrected chi connectivity index (χ0v) is 11.3. The predicted molar refractivity (Wildman–Crippen MR) is 62.4 cm³/mol. The van der Waals surface area contributed by atoms with Crippen LogP contribution in [-0.4, -0.2) is 13.0 Å². The van der Waals surface area contributed by atoms with Crippen LogP contribution in [0.3, 0.4) is 0 Å². The van der Waals surface area contributed by atoms with E-state index < -0.39 is 5.38 Å². The minimum absolute atomic E-state index is 0.192. The summed E-state index contributed by atoms with van der Waals surface area (Å²) in [5.41, 5.74) is 0. The molecule has 1 aromatic heterocycles.